The van der Waals surface area contributed by atoms with Gasteiger partial charge in [0.1, 0.15) is 0 Å². The molecule has 0 heterocycles. The molecule has 2 rings (SSSR count). The first-order valence-corrected chi connectivity index (χ1v) is 10.3. The van der Waals surface area contributed by atoms with E-state index in [2.05, 4.69) is 12.2 Å². The van der Waals surface area contributed by atoms with Crippen molar-refractivity contribution in [2.45, 2.75) is 89.3 Å². The SMILES string of the molecule is CC(O)(/C=C/[C@H]1CC[C@H](O)[C@@H]1C/C=C\CCCC(=O)O)CC1CCCC1. The van der Waals surface area contributed by atoms with Crippen LogP contribution in [0.15, 0.2) is 24.3 Å². The van der Waals surface area contributed by atoms with Crippen molar-refractivity contribution in [3.05, 3.63) is 24.3 Å². The third-order valence-electron chi connectivity index (χ3n) is 6.06. The summed E-state index contributed by atoms with van der Waals surface area (Å²) in [6, 6.07) is 0. The maximum Gasteiger partial charge on any atom is 0.303 e. The van der Waals surface area contributed by atoms with Gasteiger partial charge in [-0.2, -0.15) is 0 Å². The summed E-state index contributed by atoms with van der Waals surface area (Å²) in [5.74, 6) is 0.404. The number of aliphatic carboxylic acids is 1. The fourth-order valence-corrected chi connectivity index (χ4v) is 4.59. The van der Waals surface area contributed by atoms with Gasteiger partial charge in [0.15, 0.2) is 0 Å². The smallest absolute Gasteiger partial charge is 0.303 e. The number of aliphatic hydroxyl groups excluding tert-OH is 1. The van der Waals surface area contributed by atoms with Crippen molar-refractivity contribution in [3.8, 4) is 0 Å². The highest BCUT2D eigenvalue weighted by molar-refractivity contribution is 5.66. The van der Waals surface area contributed by atoms with E-state index in [1.165, 1.54) is 25.7 Å². The second-order valence-electron chi connectivity index (χ2n) is 8.54. The van der Waals surface area contributed by atoms with Gasteiger partial charge in [-0.25, -0.2) is 0 Å². The summed E-state index contributed by atoms with van der Waals surface area (Å²) in [7, 11) is 0. The van der Waals surface area contributed by atoms with E-state index in [0.717, 1.165) is 32.1 Å². The standard InChI is InChI=1S/C22H36O4/c1-22(26,16-17-8-6-7-9-17)15-14-18-12-13-20(23)19(18)10-4-2-3-5-11-21(24)25/h2,4,14-15,17-20,23,26H,3,5-13,16H2,1H3,(H,24,25)/b4-2-,15-14+/t18-,19-,20+,22?/m1/s1. The zero-order valence-electron chi connectivity index (χ0n) is 16.1. The van der Waals surface area contributed by atoms with E-state index in [-0.39, 0.29) is 18.4 Å². The van der Waals surface area contributed by atoms with Crippen molar-refractivity contribution in [3.63, 3.8) is 0 Å². The molecule has 2 aliphatic carbocycles. The van der Waals surface area contributed by atoms with Crippen LogP contribution >= 0.6 is 0 Å². The lowest BCUT2D eigenvalue weighted by Crippen LogP contribution is -2.25. The predicted octanol–water partition coefficient (Wildman–Crippen LogP) is 4.46. The molecule has 0 bridgehead atoms. The molecule has 148 valence electrons. The number of unbranched alkanes of at least 4 members (excludes halogenated alkanes) is 1. The minimum Gasteiger partial charge on any atom is -0.481 e. The summed E-state index contributed by atoms with van der Waals surface area (Å²) in [6.45, 7) is 1.91. The van der Waals surface area contributed by atoms with Gasteiger partial charge in [0.2, 0.25) is 0 Å². The maximum absolute atomic E-state index is 10.7. The van der Waals surface area contributed by atoms with Gasteiger partial charge in [-0.05, 0) is 63.2 Å². The summed E-state index contributed by atoms with van der Waals surface area (Å²) >= 11 is 0. The lowest BCUT2D eigenvalue weighted by molar-refractivity contribution is -0.137. The Hall–Kier alpha value is -1.13. The summed E-state index contributed by atoms with van der Waals surface area (Å²) in [5.41, 5.74) is -0.750. The van der Waals surface area contributed by atoms with Gasteiger partial charge in [-0.15, -0.1) is 0 Å². The van der Waals surface area contributed by atoms with Crippen LogP contribution in [0, 0.1) is 17.8 Å². The predicted molar refractivity (Wildman–Crippen MR) is 104 cm³/mol. The molecule has 0 radical (unpaired) electrons. The first-order chi connectivity index (χ1) is 12.4. The van der Waals surface area contributed by atoms with E-state index >= 15 is 0 Å². The number of hydrogen-bond acceptors (Lipinski definition) is 3. The van der Waals surface area contributed by atoms with Crippen molar-refractivity contribution in [1.82, 2.24) is 0 Å². The molecule has 0 amide bonds. The van der Waals surface area contributed by atoms with Crippen molar-refractivity contribution in [2.75, 3.05) is 0 Å². The van der Waals surface area contributed by atoms with Gasteiger partial charge < -0.3 is 15.3 Å². The minimum atomic E-state index is -0.750. The highest BCUT2D eigenvalue weighted by Gasteiger charge is 2.33. The number of aliphatic hydroxyl groups is 2. The van der Waals surface area contributed by atoms with Gasteiger partial charge >= 0.3 is 5.97 Å². The quantitative estimate of drug-likeness (QED) is 0.395. The van der Waals surface area contributed by atoms with E-state index in [9.17, 15) is 15.0 Å². The van der Waals surface area contributed by atoms with Crippen molar-refractivity contribution < 1.29 is 20.1 Å². The Bertz CT molecular complexity index is 488. The van der Waals surface area contributed by atoms with E-state index in [0.29, 0.717) is 18.3 Å². The monoisotopic (exact) mass is 364 g/mol. The fourth-order valence-electron chi connectivity index (χ4n) is 4.59. The lowest BCUT2D eigenvalue weighted by Gasteiger charge is -2.24. The van der Waals surface area contributed by atoms with Gasteiger partial charge in [0.05, 0.1) is 11.7 Å². The summed E-state index contributed by atoms with van der Waals surface area (Å²) in [6.07, 6.45) is 18.1. The molecule has 0 aliphatic heterocycles. The number of carbonyl (C=O) groups is 1. The average Bonchev–Trinajstić information content (AvgIpc) is 3.18. The van der Waals surface area contributed by atoms with Crippen LogP contribution in [0.1, 0.15) is 77.6 Å². The Kier molecular flexibility index (Phi) is 8.36. The number of allylic oxidation sites excluding steroid dienone is 3. The Labute approximate surface area is 158 Å². The second-order valence-corrected chi connectivity index (χ2v) is 8.54. The zero-order valence-corrected chi connectivity index (χ0v) is 16.1. The molecular formula is C22H36O4. The topological polar surface area (TPSA) is 77.8 Å². The molecule has 2 saturated carbocycles. The highest BCUT2D eigenvalue weighted by atomic mass is 16.4. The zero-order chi connectivity index (χ0) is 19.0. The summed E-state index contributed by atoms with van der Waals surface area (Å²) in [5, 5.41) is 29.6. The molecule has 0 aromatic rings. The summed E-state index contributed by atoms with van der Waals surface area (Å²) in [4.78, 5) is 10.5. The third-order valence-corrected chi connectivity index (χ3v) is 6.06. The summed E-state index contributed by atoms with van der Waals surface area (Å²) < 4.78 is 0. The van der Waals surface area contributed by atoms with E-state index in [1.54, 1.807) is 0 Å². The van der Waals surface area contributed by atoms with Crippen LogP contribution in [0.5, 0.6) is 0 Å². The van der Waals surface area contributed by atoms with Gasteiger partial charge in [-0.3, -0.25) is 4.79 Å². The van der Waals surface area contributed by atoms with Crippen LogP contribution in [0.25, 0.3) is 0 Å². The van der Waals surface area contributed by atoms with E-state index < -0.39 is 11.6 Å². The Balaban J connectivity index is 1.80. The average molecular weight is 365 g/mol. The lowest BCUT2D eigenvalue weighted by atomic mass is 9.86. The normalized spacial score (nSPS) is 29.7. The molecule has 4 nitrogen and oxygen atoms in total. The van der Waals surface area contributed by atoms with Crippen LogP contribution in [0.3, 0.4) is 0 Å². The molecule has 3 N–H and O–H groups in total. The molecule has 4 atom stereocenters. The molecule has 0 saturated heterocycles. The van der Waals surface area contributed by atoms with Gasteiger partial charge in [0.25, 0.3) is 0 Å². The van der Waals surface area contributed by atoms with Gasteiger partial charge in [-0.1, -0.05) is 50.0 Å². The number of carboxylic acid groups (broad SMARTS) is 1. The number of hydrogen-bond donors (Lipinski definition) is 3. The van der Waals surface area contributed by atoms with Crippen LogP contribution < -0.4 is 0 Å². The molecule has 2 fully saturated rings. The highest BCUT2D eigenvalue weighted by Crippen LogP contribution is 2.37. The molecule has 2 aliphatic rings. The van der Waals surface area contributed by atoms with Crippen molar-refractivity contribution >= 4 is 5.97 Å². The van der Waals surface area contributed by atoms with Gasteiger partial charge in [0, 0.05) is 6.42 Å². The Morgan fingerprint density at radius 3 is 2.58 bits per heavy atom. The van der Waals surface area contributed by atoms with Crippen molar-refractivity contribution in [2.24, 2.45) is 17.8 Å². The van der Waals surface area contributed by atoms with Crippen LogP contribution in [-0.2, 0) is 4.79 Å². The largest absolute Gasteiger partial charge is 0.481 e. The molecule has 26 heavy (non-hydrogen) atoms. The Morgan fingerprint density at radius 2 is 1.88 bits per heavy atom. The maximum atomic E-state index is 10.7. The molecular weight excluding hydrogens is 328 g/mol. The number of rotatable bonds is 10. The van der Waals surface area contributed by atoms with Crippen LogP contribution in [-0.4, -0.2) is 33.0 Å². The molecule has 0 aromatic carbocycles. The van der Waals surface area contributed by atoms with Crippen LogP contribution in [0.2, 0.25) is 0 Å². The Morgan fingerprint density at radius 1 is 1.15 bits per heavy atom. The van der Waals surface area contributed by atoms with E-state index in [1.807, 2.05) is 19.1 Å². The number of carboxylic acids is 1. The molecule has 0 spiro atoms. The molecule has 4 heteroatoms. The van der Waals surface area contributed by atoms with Crippen molar-refractivity contribution in [1.29, 1.82) is 0 Å². The second kappa shape index (κ2) is 10.3. The molecule has 1 unspecified atom stereocenters. The van der Waals surface area contributed by atoms with Crippen LogP contribution in [0.4, 0.5) is 0 Å². The fraction of sp³-hybridized carbons (Fsp3) is 0.773. The molecule has 0 aromatic heterocycles. The first kappa shape index (κ1) is 21.2. The first-order valence-electron chi connectivity index (χ1n) is 10.3. The van der Waals surface area contributed by atoms with E-state index in [4.69, 9.17) is 5.11 Å². The minimum absolute atomic E-state index is 0.198. The third kappa shape index (κ3) is 7.24.